The molecule has 0 unspecified atom stereocenters. The van der Waals surface area contributed by atoms with Gasteiger partial charge >= 0.3 is 0 Å². The molecule has 2 aromatic rings. The smallest absolute Gasteiger partial charge is 0.244 e. The van der Waals surface area contributed by atoms with Gasteiger partial charge in [0.2, 0.25) is 5.91 Å². The lowest BCUT2D eigenvalue weighted by atomic mass is 10.1. The maximum atomic E-state index is 12.4. The van der Waals surface area contributed by atoms with Crippen LogP contribution in [0.2, 0.25) is 0 Å². The molecule has 22 heavy (non-hydrogen) atoms. The minimum atomic E-state index is -0.175. The molecule has 0 saturated heterocycles. The fourth-order valence-corrected chi connectivity index (χ4v) is 2.51. The van der Waals surface area contributed by atoms with Crippen LogP contribution in [0.4, 0.5) is 0 Å². The SMILES string of the molecule is CCCN(CC=O)C(=O)Cn1nc(C)c2cccc(C#N)c21. The molecule has 6 heteroatoms. The topological polar surface area (TPSA) is 79.0 Å². The van der Waals surface area contributed by atoms with Crippen molar-refractivity contribution in [2.24, 2.45) is 0 Å². The molecule has 6 nitrogen and oxygen atoms in total. The van der Waals surface area contributed by atoms with Crippen molar-refractivity contribution >= 4 is 23.1 Å². The number of nitriles is 1. The number of rotatable bonds is 6. The van der Waals surface area contributed by atoms with E-state index in [2.05, 4.69) is 11.2 Å². The number of carbonyl (C=O) groups is 2. The molecule has 0 fully saturated rings. The second-order valence-corrected chi connectivity index (χ2v) is 5.06. The summed E-state index contributed by atoms with van der Waals surface area (Å²) in [5.41, 5.74) is 1.93. The average molecular weight is 298 g/mol. The number of benzene rings is 1. The van der Waals surface area contributed by atoms with Crippen molar-refractivity contribution in [3.8, 4) is 6.07 Å². The first-order chi connectivity index (χ1) is 10.6. The number of aryl methyl sites for hydroxylation is 1. The third kappa shape index (κ3) is 2.98. The Morgan fingerprint density at radius 2 is 2.27 bits per heavy atom. The van der Waals surface area contributed by atoms with E-state index in [9.17, 15) is 14.9 Å². The van der Waals surface area contributed by atoms with Crippen molar-refractivity contribution in [3.63, 3.8) is 0 Å². The zero-order valence-electron chi connectivity index (χ0n) is 12.7. The standard InChI is InChI=1S/C16H18N4O2/c1-3-7-19(8-9-21)15(22)11-20-16-13(10-17)5-4-6-14(16)12(2)18-20/h4-6,9H,3,7-8,11H2,1-2H3. The quantitative estimate of drug-likeness (QED) is 0.760. The summed E-state index contributed by atoms with van der Waals surface area (Å²) in [5.74, 6) is -0.175. The van der Waals surface area contributed by atoms with Gasteiger partial charge in [0, 0.05) is 11.9 Å². The predicted molar refractivity (Wildman–Crippen MR) is 82.1 cm³/mol. The van der Waals surface area contributed by atoms with E-state index >= 15 is 0 Å². The minimum absolute atomic E-state index is 0.0247. The molecule has 0 atom stereocenters. The van der Waals surface area contributed by atoms with Gasteiger partial charge in [0.25, 0.3) is 0 Å². The van der Waals surface area contributed by atoms with E-state index in [1.165, 1.54) is 4.90 Å². The maximum Gasteiger partial charge on any atom is 0.244 e. The summed E-state index contributed by atoms with van der Waals surface area (Å²) in [6, 6.07) is 7.53. The summed E-state index contributed by atoms with van der Waals surface area (Å²) >= 11 is 0. The van der Waals surface area contributed by atoms with Crippen LogP contribution in [0.5, 0.6) is 0 Å². The van der Waals surface area contributed by atoms with Gasteiger partial charge in [-0.2, -0.15) is 10.4 Å². The van der Waals surface area contributed by atoms with E-state index in [1.807, 2.05) is 19.9 Å². The Labute approximate surface area is 128 Å². The Bertz CT molecular complexity index is 742. The number of nitrogens with zero attached hydrogens (tertiary/aromatic N) is 4. The molecule has 1 amide bonds. The minimum Gasteiger partial charge on any atom is -0.334 e. The number of para-hydroxylation sites is 1. The molecule has 0 bridgehead atoms. The molecule has 2 rings (SSSR count). The third-order valence-corrected chi connectivity index (χ3v) is 3.50. The normalized spacial score (nSPS) is 10.4. The van der Waals surface area contributed by atoms with Crippen molar-refractivity contribution < 1.29 is 9.59 Å². The number of hydrogen-bond acceptors (Lipinski definition) is 4. The number of aromatic nitrogens is 2. The van der Waals surface area contributed by atoms with Crippen molar-refractivity contribution in [2.75, 3.05) is 13.1 Å². The van der Waals surface area contributed by atoms with E-state index in [0.717, 1.165) is 23.8 Å². The molecule has 0 aliphatic heterocycles. The highest BCUT2D eigenvalue weighted by Crippen LogP contribution is 2.21. The summed E-state index contributed by atoms with van der Waals surface area (Å²) in [6.07, 6.45) is 1.50. The monoisotopic (exact) mass is 298 g/mol. The fourth-order valence-electron chi connectivity index (χ4n) is 2.51. The van der Waals surface area contributed by atoms with Crippen LogP contribution in [0.25, 0.3) is 10.9 Å². The molecule has 1 aromatic heterocycles. The van der Waals surface area contributed by atoms with E-state index in [1.54, 1.807) is 16.8 Å². The lowest BCUT2D eigenvalue weighted by molar-refractivity contribution is -0.133. The van der Waals surface area contributed by atoms with Gasteiger partial charge in [0.05, 0.1) is 23.3 Å². The molecule has 1 heterocycles. The van der Waals surface area contributed by atoms with Crippen LogP contribution >= 0.6 is 0 Å². The number of carbonyl (C=O) groups excluding carboxylic acids is 2. The van der Waals surface area contributed by atoms with Gasteiger partial charge in [0.15, 0.2) is 0 Å². The van der Waals surface area contributed by atoms with Crippen LogP contribution in [-0.4, -0.2) is 40.0 Å². The lowest BCUT2D eigenvalue weighted by Gasteiger charge is -2.19. The van der Waals surface area contributed by atoms with Gasteiger partial charge in [-0.1, -0.05) is 19.1 Å². The van der Waals surface area contributed by atoms with E-state index < -0.39 is 0 Å². The summed E-state index contributed by atoms with van der Waals surface area (Å²) in [5, 5.41) is 14.5. The van der Waals surface area contributed by atoms with Crippen molar-refractivity contribution in [1.29, 1.82) is 5.26 Å². The Balaban J connectivity index is 2.37. The first-order valence-electron chi connectivity index (χ1n) is 7.20. The van der Waals surface area contributed by atoms with E-state index in [0.29, 0.717) is 17.6 Å². The van der Waals surface area contributed by atoms with Gasteiger partial charge < -0.3 is 9.69 Å². The summed E-state index contributed by atoms with van der Waals surface area (Å²) in [6.45, 7) is 4.43. The number of aldehydes is 1. The zero-order chi connectivity index (χ0) is 16.1. The van der Waals surface area contributed by atoms with Crippen LogP contribution in [0.15, 0.2) is 18.2 Å². The largest absolute Gasteiger partial charge is 0.334 e. The van der Waals surface area contributed by atoms with Crippen molar-refractivity contribution in [3.05, 3.63) is 29.5 Å². The van der Waals surface area contributed by atoms with Gasteiger partial charge in [-0.25, -0.2) is 0 Å². The zero-order valence-corrected chi connectivity index (χ0v) is 12.7. The Kier molecular flexibility index (Phi) is 4.89. The van der Waals surface area contributed by atoms with Crippen LogP contribution in [0.3, 0.4) is 0 Å². The first-order valence-corrected chi connectivity index (χ1v) is 7.20. The number of fused-ring (bicyclic) bond motifs is 1. The third-order valence-electron chi connectivity index (χ3n) is 3.50. The van der Waals surface area contributed by atoms with Crippen LogP contribution in [-0.2, 0) is 16.1 Å². The summed E-state index contributed by atoms with van der Waals surface area (Å²) in [7, 11) is 0. The van der Waals surface area contributed by atoms with Gasteiger partial charge in [-0.05, 0) is 19.4 Å². The number of amides is 1. The van der Waals surface area contributed by atoms with Crippen LogP contribution < -0.4 is 0 Å². The predicted octanol–water partition coefficient (Wildman–Crippen LogP) is 1.65. The second-order valence-electron chi connectivity index (χ2n) is 5.06. The van der Waals surface area contributed by atoms with E-state index in [-0.39, 0.29) is 19.0 Å². The lowest BCUT2D eigenvalue weighted by Crippen LogP contribution is -2.36. The van der Waals surface area contributed by atoms with Crippen molar-refractivity contribution in [2.45, 2.75) is 26.8 Å². The molecule has 114 valence electrons. The van der Waals surface area contributed by atoms with Gasteiger partial charge in [0.1, 0.15) is 18.9 Å². The molecule has 0 aliphatic carbocycles. The molecule has 1 aromatic carbocycles. The molecular formula is C16H18N4O2. The summed E-state index contributed by atoms with van der Waals surface area (Å²) in [4.78, 5) is 24.6. The molecule has 0 saturated carbocycles. The van der Waals surface area contributed by atoms with Crippen LogP contribution in [0, 0.1) is 18.3 Å². The summed E-state index contributed by atoms with van der Waals surface area (Å²) < 4.78 is 1.55. The Morgan fingerprint density at radius 1 is 1.50 bits per heavy atom. The number of hydrogen-bond donors (Lipinski definition) is 0. The highest BCUT2D eigenvalue weighted by atomic mass is 16.2. The molecular weight excluding hydrogens is 280 g/mol. The van der Waals surface area contributed by atoms with Crippen LogP contribution in [0.1, 0.15) is 24.6 Å². The van der Waals surface area contributed by atoms with Crippen molar-refractivity contribution in [1.82, 2.24) is 14.7 Å². The molecule has 0 radical (unpaired) electrons. The average Bonchev–Trinajstić information content (AvgIpc) is 2.83. The maximum absolute atomic E-state index is 12.4. The van der Waals surface area contributed by atoms with Gasteiger partial charge in [-0.15, -0.1) is 0 Å². The Hall–Kier alpha value is -2.68. The van der Waals surface area contributed by atoms with Gasteiger partial charge in [-0.3, -0.25) is 9.48 Å². The first kappa shape index (κ1) is 15.7. The molecule has 0 spiro atoms. The molecule has 0 aliphatic rings. The molecule has 0 N–H and O–H groups in total. The highest BCUT2D eigenvalue weighted by Gasteiger charge is 2.17. The second kappa shape index (κ2) is 6.85. The van der Waals surface area contributed by atoms with E-state index in [4.69, 9.17) is 0 Å². The fraction of sp³-hybridized carbons (Fsp3) is 0.375. The highest BCUT2D eigenvalue weighted by molar-refractivity contribution is 5.88. The Morgan fingerprint density at radius 3 is 2.91 bits per heavy atom.